The molecule has 180 valence electrons. The number of methoxy groups -OCH3 is 1. The van der Waals surface area contributed by atoms with Crippen molar-refractivity contribution in [2.45, 2.75) is 13.5 Å². The first-order valence-electron chi connectivity index (χ1n) is 10.9. The first kappa shape index (κ1) is 24.9. The van der Waals surface area contributed by atoms with Crippen LogP contribution in [0.3, 0.4) is 0 Å². The lowest BCUT2D eigenvalue weighted by Gasteiger charge is -2.13. The van der Waals surface area contributed by atoms with Crippen molar-refractivity contribution in [1.82, 2.24) is 4.90 Å². The van der Waals surface area contributed by atoms with Crippen LogP contribution >= 0.6 is 27.7 Å². The summed E-state index contributed by atoms with van der Waals surface area (Å²) < 4.78 is 18.1. The number of benzene rings is 3. The minimum absolute atomic E-state index is 0.183. The van der Waals surface area contributed by atoms with Crippen molar-refractivity contribution in [1.29, 1.82) is 0 Å². The Morgan fingerprint density at radius 3 is 2.40 bits per heavy atom. The zero-order valence-corrected chi connectivity index (χ0v) is 21.7. The number of thioether (sulfide) groups is 1. The highest BCUT2D eigenvalue weighted by atomic mass is 79.9. The molecule has 1 aliphatic rings. The number of hydrogen-bond donors (Lipinski definition) is 0. The van der Waals surface area contributed by atoms with Gasteiger partial charge in [-0.15, -0.1) is 0 Å². The quantitative estimate of drug-likeness (QED) is 0.283. The predicted octanol–water partition coefficient (Wildman–Crippen LogP) is 6.46. The summed E-state index contributed by atoms with van der Waals surface area (Å²) in [6, 6.07) is 20.9. The lowest BCUT2D eigenvalue weighted by molar-refractivity contribution is -0.123. The maximum Gasteiger partial charge on any atom is 0.293 e. The van der Waals surface area contributed by atoms with E-state index in [1.807, 2.05) is 61.5 Å². The molecule has 0 unspecified atom stereocenters. The number of carbonyl (C=O) groups is 2. The van der Waals surface area contributed by atoms with E-state index in [9.17, 15) is 9.59 Å². The van der Waals surface area contributed by atoms with E-state index in [2.05, 4.69) is 15.9 Å². The smallest absolute Gasteiger partial charge is 0.293 e. The van der Waals surface area contributed by atoms with Crippen LogP contribution in [-0.4, -0.2) is 36.3 Å². The third-order valence-corrected chi connectivity index (χ3v) is 6.71. The Hall–Kier alpha value is -3.23. The van der Waals surface area contributed by atoms with Gasteiger partial charge in [0.05, 0.1) is 18.6 Å². The zero-order valence-electron chi connectivity index (χ0n) is 19.3. The molecule has 1 heterocycles. The molecule has 0 aromatic heterocycles. The zero-order chi connectivity index (χ0) is 24.8. The average Bonchev–Trinajstić information content (AvgIpc) is 3.12. The van der Waals surface area contributed by atoms with Gasteiger partial charge in [-0.3, -0.25) is 14.5 Å². The second-order valence-electron chi connectivity index (χ2n) is 7.82. The summed E-state index contributed by atoms with van der Waals surface area (Å²) in [7, 11) is 1.56. The summed E-state index contributed by atoms with van der Waals surface area (Å²) >= 11 is 4.34. The largest absolute Gasteiger partial charge is 0.493 e. The fourth-order valence-electron chi connectivity index (χ4n) is 3.37. The van der Waals surface area contributed by atoms with Gasteiger partial charge in [0.15, 0.2) is 11.5 Å². The van der Waals surface area contributed by atoms with Crippen molar-refractivity contribution in [3.8, 4) is 17.2 Å². The maximum absolute atomic E-state index is 12.8. The van der Waals surface area contributed by atoms with Gasteiger partial charge in [-0.05, 0) is 72.3 Å². The van der Waals surface area contributed by atoms with Crippen molar-refractivity contribution in [3.63, 3.8) is 0 Å². The fourth-order valence-corrected chi connectivity index (χ4v) is 4.50. The van der Waals surface area contributed by atoms with Gasteiger partial charge in [0, 0.05) is 4.47 Å². The van der Waals surface area contributed by atoms with Crippen LogP contribution in [0.1, 0.15) is 16.7 Å². The molecule has 3 aromatic carbocycles. The van der Waals surface area contributed by atoms with Gasteiger partial charge in [-0.25, -0.2) is 0 Å². The number of hydrogen-bond acceptors (Lipinski definition) is 6. The highest BCUT2D eigenvalue weighted by Crippen LogP contribution is 2.34. The molecule has 6 nitrogen and oxygen atoms in total. The van der Waals surface area contributed by atoms with Crippen molar-refractivity contribution in [2.24, 2.45) is 0 Å². The molecule has 1 fully saturated rings. The standard InChI is InChI=1S/C27H24BrNO5S/c1-18-3-10-22(11-4-18)33-14-13-29-26(30)25(35-27(29)31)16-20-7-12-23(24(15-20)32-2)34-17-19-5-8-21(28)9-6-19/h3-12,15-16H,13-14,17H2,1-2H3/b25-16-. The SMILES string of the molecule is COc1cc(/C=C2\SC(=O)N(CCOc3ccc(C)cc3)C2=O)ccc1OCc1ccc(Br)cc1. The molecule has 1 saturated heterocycles. The third kappa shape index (κ3) is 6.46. The van der Waals surface area contributed by atoms with Crippen LogP contribution in [0.25, 0.3) is 6.08 Å². The van der Waals surface area contributed by atoms with Gasteiger partial charge in [0.1, 0.15) is 19.0 Å². The molecule has 0 radical (unpaired) electrons. The molecule has 0 bridgehead atoms. The van der Waals surface area contributed by atoms with E-state index in [0.29, 0.717) is 28.8 Å². The number of carbonyl (C=O) groups excluding carboxylic acids is 2. The Balaban J connectivity index is 1.38. The van der Waals surface area contributed by atoms with E-state index in [0.717, 1.165) is 32.9 Å². The van der Waals surface area contributed by atoms with Gasteiger partial charge in [-0.1, -0.05) is 51.8 Å². The van der Waals surface area contributed by atoms with E-state index < -0.39 is 0 Å². The van der Waals surface area contributed by atoms with E-state index >= 15 is 0 Å². The van der Waals surface area contributed by atoms with Gasteiger partial charge in [-0.2, -0.15) is 0 Å². The lowest BCUT2D eigenvalue weighted by Crippen LogP contribution is -2.32. The van der Waals surface area contributed by atoms with Crippen LogP contribution < -0.4 is 14.2 Å². The number of ether oxygens (including phenoxy) is 3. The summed E-state index contributed by atoms with van der Waals surface area (Å²) in [5.74, 6) is 1.50. The van der Waals surface area contributed by atoms with Crippen molar-refractivity contribution in [3.05, 3.63) is 92.8 Å². The summed E-state index contributed by atoms with van der Waals surface area (Å²) in [4.78, 5) is 26.8. The molecular weight excluding hydrogens is 530 g/mol. The summed E-state index contributed by atoms with van der Waals surface area (Å²) in [5, 5.41) is -0.310. The number of rotatable bonds is 9. The second-order valence-corrected chi connectivity index (χ2v) is 9.73. The Morgan fingerprint density at radius 1 is 0.943 bits per heavy atom. The molecule has 0 aliphatic carbocycles. The maximum atomic E-state index is 12.8. The minimum atomic E-state index is -0.331. The molecule has 4 rings (SSSR count). The Morgan fingerprint density at radius 2 is 1.69 bits per heavy atom. The number of aryl methyl sites for hydroxylation is 1. The van der Waals surface area contributed by atoms with Gasteiger partial charge in [0.25, 0.3) is 11.1 Å². The van der Waals surface area contributed by atoms with Crippen molar-refractivity contribution in [2.75, 3.05) is 20.3 Å². The molecular formula is C27H24BrNO5S. The highest BCUT2D eigenvalue weighted by molar-refractivity contribution is 9.10. The summed E-state index contributed by atoms with van der Waals surface area (Å²) in [5.41, 5.74) is 2.90. The molecule has 3 aromatic rings. The molecule has 0 saturated carbocycles. The molecule has 8 heteroatoms. The van der Waals surface area contributed by atoms with Gasteiger partial charge >= 0.3 is 0 Å². The Labute approximate surface area is 217 Å². The molecule has 0 N–H and O–H groups in total. The average molecular weight is 554 g/mol. The first-order chi connectivity index (χ1) is 16.9. The molecule has 35 heavy (non-hydrogen) atoms. The number of nitrogens with zero attached hydrogens (tertiary/aromatic N) is 1. The summed E-state index contributed by atoms with van der Waals surface area (Å²) in [6.07, 6.45) is 1.69. The first-order valence-corrected chi connectivity index (χ1v) is 12.5. The van der Waals surface area contributed by atoms with Crippen LogP contribution in [0.4, 0.5) is 4.79 Å². The Kier molecular flexibility index (Phi) is 8.15. The van der Waals surface area contributed by atoms with Crippen molar-refractivity contribution >= 4 is 44.9 Å². The topological polar surface area (TPSA) is 65.1 Å². The van der Waals surface area contributed by atoms with E-state index in [1.54, 1.807) is 25.3 Å². The number of imide groups is 1. The van der Waals surface area contributed by atoms with Crippen LogP contribution in [0.15, 0.2) is 76.1 Å². The number of amides is 2. The summed E-state index contributed by atoms with van der Waals surface area (Å²) in [6.45, 7) is 2.80. The Bertz CT molecular complexity index is 1240. The predicted molar refractivity (Wildman–Crippen MR) is 141 cm³/mol. The highest BCUT2D eigenvalue weighted by Gasteiger charge is 2.34. The minimum Gasteiger partial charge on any atom is -0.493 e. The van der Waals surface area contributed by atoms with Crippen molar-refractivity contribution < 1.29 is 23.8 Å². The molecule has 2 amide bonds. The normalized spacial score (nSPS) is 14.5. The molecule has 0 spiro atoms. The second kappa shape index (κ2) is 11.5. The van der Waals surface area contributed by atoms with Gasteiger partial charge < -0.3 is 14.2 Å². The van der Waals surface area contributed by atoms with E-state index in [1.165, 1.54) is 4.90 Å². The van der Waals surface area contributed by atoms with Crippen LogP contribution in [-0.2, 0) is 11.4 Å². The van der Waals surface area contributed by atoms with Gasteiger partial charge in [0.2, 0.25) is 0 Å². The molecule has 1 aliphatic heterocycles. The lowest BCUT2D eigenvalue weighted by atomic mass is 10.1. The van der Waals surface area contributed by atoms with E-state index in [-0.39, 0.29) is 24.3 Å². The van der Waals surface area contributed by atoms with Crippen LogP contribution in [0, 0.1) is 6.92 Å². The fraction of sp³-hybridized carbons (Fsp3) is 0.185. The third-order valence-electron chi connectivity index (χ3n) is 5.27. The molecule has 0 atom stereocenters. The van der Waals surface area contributed by atoms with E-state index in [4.69, 9.17) is 14.2 Å². The van der Waals surface area contributed by atoms with Crippen LogP contribution in [0.2, 0.25) is 0 Å². The monoisotopic (exact) mass is 553 g/mol. The van der Waals surface area contributed by atoms with Crippen LogP contribution in [0.5, 0.6) is 17.2 Å². The number of halogens is 1.